The predicted molar refractivity (Wildman–Crippen MR) is 124 cm³/mol. The van der Waals surface area contributed by atoms with E-state index in [1.165, 1.54) is 11.8 Å². The lowest BCUT2D eigenvalue weighted by Crippen LogP contribution is -2.31. The number of thioether (sulfide) groups is 1. The number of ether oxygens (including phenoxy) is 2. The lowest BCUT2D eigenvalue weighted by molar-refractivity contribution is -0.147. The van der Waals surface area contributed by atoms with E-state index in [1.54, 1.807) is 52.1 Å². The molecule has 33 heavy (non-hydrogen) atoms. The number of aromatic nitrogens is 2. The molecule has 1 heterocycles. The number of aryl methyl sites for hydroxylation is 1. The topological polar surface area (TPSA) is 104 Å². The second kappa shape index (κ2) is 11.5. The first kappa shape index (κ1) is 24.3. The maximum Gasteiger partial charge on any atom is 0.308 e. The molecular formula is C24H27N3O5S. The highest BCUT2D eigenvalue weighted by molar-refractivity contribution is 7.98. The number of hydrogen-bond donors (Lipinski definition) is 1. The van der Waals surface area contributed by atoms with Gasteiger partial charge >= 0.3 is 5.97 Å². The van der Waals surface area contributed by atoms with Gasteiger partial charge in [-0.1, -0.05) is 17.3 Å². The largest absolute Gasteiger partial charge is 0.497 e. The van der Waals surface area contributed by atoms with Gasteiger partial charge in [-0.15, -0.1) is 11.8 Å². The third-order valence-electron chi connectivity index (χ3n) is 4.61. The van der Waals surface area contributed by atoms with Crippen molar-refractivity contribution in [3.8, 4) is 5.75 Å². The van der Waals surface area contributed by atoms with Crippen molar-refractivity contribution >= 4 is 23.6 Å². The van der Waals surface area contributed by atoms with Crippen LogP contribution in [0.3, 0.4) is 0 Å². The van der Waals surface area contributed by atoms with Crippen LogP contribution in [-0.4, -0.2) is 35.2 Å². The number of nitrogens with one attached hydrogen (secondary N) is 1. The van der Waals surface area contributed by atoms with Crippen LogP contribution in [0.4, 0.5) is 0 Å². The maximum atomic E-state index is 12.9. The van der Waals surface area contributed by atoms with Gasteiger partial charge in [0.05, 0.1) is 31.4 Å². The van der Waals surface area contributed by atoms with Gasteiger partial charge in [0.1, 0.15) is 5.75 Å². The van der Waals surface area contributed by atoms with E-state index < -0.39 is 6.04 Å². The minimum absolute atomic E-state index is 0.0216. The van der Waals surface area contributed by atoms with Crippen LogP contribution in [0.25, 0.3) is 0 Å². The van der Waals surface area contributed by atoms with E-state index in [4.69, 9.17) is 14.0 Å². The smallest absolute Gasteiger partial charge is 0.308 e. The van der Waals surface area contributed by atoms with E-state index in [9.17, 15) is 9.59 Å². The first-order chi connectivity index (χ1) is 15.8. The Bertz CT molecular complexity index is 1060. The van der Waals surface area contributed by atoms with Crippen molar-refractivity contribution in [1.82, 2.24) is 15.5 Å². The molecule has 0 aliphatic rings. The molecule has 9 heteroatoms. The molecule has 0 radical (unpaired) electrons. The summed E-state index contributed by atoms with van der Waals surface area (Å²) in [5.41, 5.74) is 1.27. The fourth-order valence-electron chi connectivity index (χ4n) is 3.05. The molecule has 1 aromatic heterocycles. The Morgan fingerprint density at radius 2 is 1.79 bits per heavy atom. The molecule has 0 saturated carbocycles. The van der Waals surface area contributed by atoms with Crippen molar-refractivity contribution in [3.05, 3.63) is 71.4 Å². The predicted octanol–water partition coefficient (Wildman–Crippen LogP) is 4.49. The van der Waals surface area contributed by atoms with Gasteiger partial charge in [0.25, 0.3) is 5.91 Å². The van der Waals surface area contributed by atoms with Gasteiger partial charge in [-0.3, -0.25) is 9.59 Å². The summed E-state index contributed by atoms with van der Waals surface area (Å²) in [5.74, 6) is 1.73. The molecule has 0 saturated heterocycles. The van der Waals surface area contributed by atoms with Crippen LogP contribution in [0.15, 0.2) is 57.9 Å². The van der Waals surface area contributed by atoms with Gasteiger partial charge in [-0.2, -0.15) is 4.98 Å². The highest BCUT2D eigenvalue weighted by atomic mass is 32.2. The van der Waals surface area contributed by atoms with Gasteiger partial charge in [0.15, 0.2) is 5.82 Å². The van der Waals surface area contributed by atoms with Gasteiger partial charge in [0.2, 0.25) is 5.89 Å². The van der Waals surface area contributed by atoms with Gasteiger partial charge in [0, 0.05) is 10.5 Å². The zero-order chi connectivity index (χ0) is 23.8. The van der Waals surface area contributed by atoms with E-state index in [-0.39, 0.29) is 24.4 Å². The van der Waals surface area contributed by atoms with Crippen LogP contribution in [0.5, 0.6) is 5.75 Å². The average Bonchev–Trinajstić information content (AvgIpc) is 3.22. The Morgan fingerprint density at radius 1 is 1.09 bits per heavy atom. The number of methoxy groups -OCH3 is 1. The Morgan fingerprint density at radius 3 is 2.36 bits per heavy atom. The number of carbonyl (C=O) groups is 2. The minimum atomic E-state index is -0.538. The fourth-order valence-corrected chi connectivity index (χ4v) is 3.79. The molecule has 1 amide bonds. The first-order valence-electron chi connectivity index (χ1n) is 10.5. The van der Waals surface area contributed by atoms with Crippen LogP contribution >= 0.6 is 11.8 Å². The molecule has 1 atom stereocenters. The van der Waals surface area contributed by atoms with Gasteiger partial charge in [-0.25, -0.2) is 0 Å². The van der Waals surface area contributed by atoms with Crippen molar-refractivity contribution in [2.45, 2.75) is 50.0 Å². The highest BCUT2D eigenvalue weighted by Crippen LogP contribution is 2.24. The monoisotopic (exact) mass is 469 g/mol. The van der Waals surface area contributed by atoms with E-state index >= 15 is 0 Å². The molecule has 0 aliphatic carbocycles. The minimum Gasteiger partial charge on any atom is -0.497 e. The van der Waals surface area contributed by atoms with Crippen molar-refractivity contribution in [2.24, 2.45) is 0 Å². The molecule has 0 aliphatic heterocycles. The summed E-state index contributed by atoms with van der Waals surface area (Å²) >= 11 is 1.53. The highest BCUT2D eigenvalue weighted by Gasteiger charge is 2.21. The summed E-state index contributed by atoms with van der Waals surface area (Å²) in [4.78, 5) is 30.4. The fraction of sp³-hybridized carbons (Fsp3) is 0.333. The molecule has 0 bridgehead atoms. The van der Waals surface area contributed by atoms with Crippen LogP contribution < -0.4 is 10.1 Å². The van der Waals surface area contributed by atoms with Crippen molar-refractivity contribution in [2.75, 3.05) is 7.11 Å². The number of nitrogens with zero attached hydrogens (tertiary/aromatic N) is 2. The normalized spacial score (nSPS) is 11.8. The lowest BCUT2D eigenvalue weighted by Gasteiger charge is -2.20. The molecule has 3 aromatic rings. The van der Waals surface area contributed by atoms with E-state index in [1.807, 2.05) is 24.3 Å². The van der Waals surface area contributed by atoms with E-state index in [0.29, 0.717) is 28.8 Å². The van der Waals surface area contributed by atoms with Crippen molar-refractivity contribution in [1.29, 1.82) is 0 Å². The number of benzene rings is 2. The van der Waals surface area contributed by atoms with Crippen LogP contribution in [-0.2, 0) is 15.3 Å². The summed E-state index contributed by atoms with van der Waals surface area (Å²) < 4.78 is 15.6. The molecule has 174 valence electrons. The molecule has 8 nitrogen and oxygen atoms in total. The molecule has 0 fully saturated rings. The molecule has 0 unspecified atom stereocenters. The third kappa shape index (κ3) is 7.35. The Labute approximate surface area is 197 Å². The third-order valence-corrected chi connectivity index (χ3v) is 5.61. The van der Waals surface area contributed by atoms with Gasteiger partial charge < -0.3 is 19.3 Å². The first-order valence-corrected chi connectivity index (χ1v) is 11.5. The standard InChI is InChI=1S/C24H27N3O5S/c1-15(2)31-23(28)13-21(17-5-9-19(30-4)10-6-17)26-24(29)18-7-11-20(12-8-18)33-14-22-25-16(3)27-32-22/h5-12,15,21H,13-14H2,1-4H3,(H,26,29)/t21-/m0/s1. The summed E-state index contributed by atoms with van der Waals surface area (Å²) in [7, 11) is 1.58. The number of carbonyl (C=O) groups excluding carboxylic acids is 2. The molecular weight excluding hydrogens is 442 g/mol. The SMILES string of the molecule is COc1ccc([C@H](CC(=O)OC(C)C)NC(=O)c2ccc(SCc3nc(C)no3)cc2)cc1. The quantitative estimate of drug-likeness (QED) is 0.342. The average molecular weight is 470 g/mol. The molecule has 3 rings (SSSR count). The maximum absolute atomic E-state index is 12.9. The molecule has 2 aromatic carbocycles. The van der Waals surface area contributed by atoms with Crippen LogP contribution in [0, 0.1) is 6.92 Å². The summed E-state index contributed by atoms with van der Waals surface area (Å²) in [6.07, 6.45) is -0.209. The molecule has 0 spiro atoms. The summed E-state index contributed by atoms with van der Waals surface area (Å²) in [6.45, 7) is 5.35. The number of amides is 1. The Hall–Kier alpha value is -3.33. The van der Waals surface area contributed by atoms with E-state index in [0.717, 1.165) is 10.5 Å². The molecule has 1 N–H and O–H groups in total. The summed E-state index contributed by atoms with van der Waals surface area (Å²) in [6, 6.07) is 13.9. The Balaban J connectivity index is 1.67. The van der Waals surface area contributed by atoms with Crippen molar-refractivity contribution in [3.63, 3.8) is 0 Å². The van der Waals surface area contributed by atoms with E-state index in [2.05, 4.69) is 15.5 Å². The number of rotatable bonds is 10. The zero-order valence-corrected chi connectivity index (χ0v) is 19.8. The van der Waals surface area contributed by atoms with Gasteiger partial charge in [-0.05, 0) is 62.7 Å². The van der Waals surface area contributed by atoms with Crippen LogP contribution in [0.2, 0.25) is 0 Å². The zero-order valence-electron chi connectivity index (χ0n) is 19.0. The lowest BCUT2D eigenvalue weighted by atomic mass is 10.0. The second-order valence-corrected chi connectivity index (χ2v) is 8.64. The summed E-state index contributed by atoms with van der Waals surface area (Å²) in [5, 5.41) is 6.72. The second-order valence-electron chi connectivity index (χ2n) is 7.59. The number of esters is 1. The number of hydrogen-bond acceptors (Lipinski definition) is 8. The van der Waals surface area contributed by atoms with Crippen molar-refractivity contribution < 1.29 is 23.6 Å². The van der Waals surface area contributed by atoms with Crippen LogP contribution in [0.1, 0.15) is 53.9 Å². The Kier molecular flexibility index (Phi) is 8.48.